The predicted octanol–water partition coefficient (Wildman–Crippen LogP) is 2.39. The molecular weight excluding hydrogens is 188 g/mol. The number of nitrogens with two attached hydrogens (primary N) is 1. The van der Waals surface area contributed by atoms with E-state index in [0.29, 0.717) is 5.75 Å². The summed E-state index contributed by atoms with van der Waals surface area (Å²) < 4.78 is 5.33. The van der Waals surface area contributed by atoms with Gasteiger partial charge in [0.2, 0.25) is 0 Å². The highest BCUT2D eigenvalue weighted by Crippen LogP contribution is 2.18. The van der Waals surface area contributed by atoms with Crippen LogP contribution in [0, 0.1) is 11.3 Å². The van der Waals surface area contributed by atoms with Crippen molar-refractivity contribution in [2.24, 2.45) is 5.73 Å². The Balaban J connectivity index is 2.69. The quantitative estimate of drug-likeness (QED) is 0.819. The Morgan fingerprint density at radius 1 is 1.40 bits per heavy atom. The topological polar surface area (TPSA) is 59.0 Å². The molecule has 0 saturated heterocycles. The fourth-order valence-electron chi connectivity index (χ4n) is 1.26. The van der Waals surface area contributed by atoms with Crippen molar-refractivity contribution >= 4 is 0 Å². The molecule has 2 N–H and O–H groups in total. The van der Waals surface area contributed by atoms with E-state index >= 15 is 0 Å². The van der Waals surface area contributed by atoms with Crippen molar-refractivity contribution in [2.45, 2.75) is 32.4 Å². The molecule has 3 nitrogen and oxygen atoms in total. The standard InChI is InChI=1S/C12H16N2O/c1-3-12(14)10-4-6-11(7-5-10)15-9(2)8-13/h4-7,9,12H,3,14H2,1-2H3/t9?,12-/m1/s1. The maximum atomic E-state index is 8.58. The molecule has 0 saturated carbocycles. The van der Waals surface area contributed by atoms with E-state index in [-0.39, 0.29) is 6.04 Å². The van der Waals surface area contributed by atoms with Crippen LogP contribution in [0.1, 0.15) is 31.9 Å². The highest BCUT2D eigenvalue weighted by atomic mass is 16.5. The van der Waals surface area contributed by atoms with E-state index in [1.54, 1.807) is 6.92 Å². The summed E-state index contributed by atoms with van der Waals surface area (Å²) in [5.74, 6) is 0.705. The van der Waals surface area contributed by atoms with Crippen molar-refractivity contribution in [1.29, 1.82) is 5.26 Å². The van der Waals surface area contributed by atoms with Gasteiger partial charge in [-0.2, -0.15) is 5.26 Å². The molecule has 0 amide bonds. The van der Waals surface area contributed by atoms with Crippen LogP contribution in [0.2, 0.25) is 0 Å². The molecule has 0 aliphatic carbocycles. The van der Waals surface area contributed by atoms with E-state index in [0.717, 1.165) is 12.0 Å². The molecule has 3 heteroatoms. The average molecular weight is 204 g/mol. The maximum Gasteiger partial charge on any atom is 0.181 e. The average Bonchev–Trinajstić information content (AvgIpc) is 2.29. The van der Waals surface area contributed by atoms with Gasteiger partial charge in [0.1, 0.15) is 11.8 Å². The van der Waals surface area contributed by atoms with Crippen molar-refractivity contribution < 1.29 is 4.74 Å². The Morgan fingerprint density at radius 3 is 2.47 bits per heavy atom. The lowest BCUT2D eigenvalue weighted by Gasteiger charge is -2.11. The number of benzene rings is 1. The second kappa shape index (κ2) is 5.38. The van der Waals surface area contributed by atoms with E-state index < -0.39 is 6.10 Å². The second-order valence-electron chi connectivity index (χ2n) is 3.47. The molecule has 1 rings (SSSR count). The number of hydrogen-bond acceptors (Lipinski definition) is 3. The summed E-state index contributed by atoms with van der Waals surface area (Å²) in [6.07, 6.45) is 0.491. The molecule has 0 aromatic heterocycles. The summed E-state index contributed by atoms with van der Waals surface area (Å²) in [6.45, 7) is 3.76. The largest absolute Gasteiger partial charge is 0.476 e. The van der Waals surface area contributed by atoms with Crippen LogP contribution in [0.25, 0.3) is 0 Å². The van der Waals surface area contributed by atoms with Gasteiger partial charge in [-0.25, -0.2) is 0 Å². The molecule has 15 heavy (non-hydrogen) atoms. The summed E-state index contributed by atoms with van der Waals surface area (Å²) in [5.41, 5.74) is 6.97. The fraction of sp³-hybridized carbons (Fsp3) is 0.417. The van der Waals surface area contributed by atoms with E-state index in [2.05, 4.69) is 0 Å². The summed E-state index contributed by atoms with van der Waals surface area (Å²) in [4.78, 5) is 0. The molecule has 80 valence electrons. The lowest BCUT2D eigenvalue weighted by atomic mass is 10.1. The minimum absolute atomic E-state index is 0.0763. The van der Waals surface area contributed by atoms with Gasteiger partial charge in [-0.1, -0.05) is 19.1 Å². The van der Waals surface area contributed by atoms with E-state index in [9.17, 15) is 0 Å². The van der Waals surface area contributed by atoms with Crippen LogP contribution in [-0.4, -0.2) is 6.10 Å². The van der Waals surface area contributed by atoms with Crippen molar-refractivity contribution in [3.05, 3.63) is 29.8 Å². The number of ether oxygens (including phenoxy) is 1. The Morgan fingerprint density at radius 2 is 2.00 bits per heavy atom. The van der Waals surface area contributed by atoms with E-state index in [4.69, 9.17) is 15.7 Å². The van der Waals surface area contributed by atoms with Crippen LogP contribution in [0.4, 0.5) is 0 Å². The zero-order valence-corrected chi connectivity index (χ0v) is 9.10. The van der Waals surface area contributed by atoms with Crippen molar-refractivity contribution in [1.82, 2.24) is 0 Å². The molecule has 1 aromatic rings. The van der Waals surface area contributed by atoms with Gasteiger partial charge in [-0.3, -0.25) is 0 Å². The number of nitrogens with zero attached hydrogens (tertiary/aromatic N) is 1. The third-order valence-electron chi connectivity index (χ3n) is 2.24. The Labute approximate surface area is 90.5 Å². The summed E-state index contributed by atoms with van der Waals surface area (Å²) >= 11 is 0. The van der Waals surface area contributed by atoms with Gasteiger partial charge in [0.25, 0.3) is 0 Å². The molecule has 0 aliphatic heterocycles. The fourth-order valence-corrected chi connectivity index (χ4v) is 1.26. The van der Waals surface area contributed by atoms with Gasteiger partial charge in [0.15, 0.2) is 6.10 Å². The lowest BCUT2D eigenvalue weighted by Crippen LogP contribution is -2.10. The summed E-state index contributed by atoms with van der Waals surface area (Å²) in [5, 5.41) is 8.58. The van der Waals surface area contributed by atoms with Crippen LogP contribution in [-0.2, 0) is 0 Å². The number of rotatable bonds is 4. The molecular formula is C12H16N2O. The van der Waals surface area contributed by atoms with Gasteiger partial charge < -0.3 is 10.5 Å². The zero-order valence-electron chi connectivity index (χ0n) is 9.10. The monoisotopic (exact) mass is 204 g/mol. The molecule has 0 radical (unpaired) electrons. The van der Waals surface area contributed by atoms with Crippen LogP contribution in [0.3, 0.4) is 0 Å². The van der Waals surface area contributed by atoms with Gasteiger partial charge in [0.05, 0.1) is 0 Å². The van der Waals surface area contributed by atoms with Crippen LogP contribution >= 0.6 is 0 Å². The van der Waals surface area contributed by atoms with Gasteiger partial charge in [-0.15, -0.1) is 0 Å². The van der Waals surface area contributed by atoms with E-state index in [1.807, 2.05) is 37.3 Å². The lowest BCUT2D eigenvalue weighted by molar-refractivity contribution is 0.276. The molecule has 0 aliphatic rings. The summed E-state index contributed by atoms with van der Waals surface area (Å²) in [7, 11) is 0. The molecule has 0 bridgehead atoms. The zero-order chi connectivity index (χ0) is 11.3. The first-order valence-corrected chi connectivity index (χ1v) is 5.09. The molecule has 2 atom stereocenters. The summed E-state index contributed by atoms with van der Waals surface area (Å²) in [6, 6.07) is 9.66. The maximum absolute atomic E-state index is 8.58. The van der Waals surface area contributed by atoms with Gasteiger partial charge >= 0.3 is 0 Å². The molecule has 0 heterocycles. The number of hydrogen-bond donors (Lipinski definition) is 1. The van der Waals surface area contributed by atoms with Gasteiger partial charge in [-0.05, 0) is 31.0 Å². The molecule has 0 spiro atoms. The highest BCUT2D eigenvalue weighted by molar-refractivity contribution is 5.29. The first-order valence-electron chi connectivity index (χ1n) is 5.09. The smallest absolute Gasteiger partial charge is 0.181 e. The first kappa shape index (κ1) is 11.5. The van der Waals surface area contributed by atoms with Crippen molar-refractivity contribution in [2.75, 3.05) is 0 Å². The van der Waals surface area contributed by atoms with E-state index in [1.165, 1.54) is 0 Å². The van der Waals surface area contributed by atoms with Crippen LogP contribution < -0.4 is 10.5 Å². The molecule has 1 aromatic carbocycles. The predicted molar refractivity (Wildman–Crippen MR) is 59.4 cm³/mol. The van der Waals surface area contributed by atoms with Crippen LogP contribution in [0.15, 0.2) is 24.3 Å². The van der Waals surface area contributed by atoms with Crippen molar-refractivity contribution in [3.8, 4) is 11.8 Å². The molecule has 0 fully saturated rings. The molecule has 1 unspecified atom stereocenters. The van der Waals surface area contributed by atoms with Crippen molar-refractivity contribution in [3.63, 3.8) is 0 Å². The van der Waals surface area contributed by atoms with Crippen LogP contribution in [0.5, 0.6) is 5.75 Å². The first-order chi connectivity index (χ1) is 7.17. The highest BCUT2D eigenvalue weighted by Gasteiger charge is 2.04. The Bertz CT molecular complexity index is 340. The minimum atomic E-state index is -0.421. The third kappa shape index (κ3) is 3.26. The second-order valence-corrected chi connectivity index (χ2v) is 3.47. The third-order valence-corrected chi connectivity index (χ3v) is 2.24. The Hall–Kier alpha value is -1.53. The Kier molecular flexibility index (Phi) is 4.14. The number of nitriles is 1. The normalized spacial score (nSPS) is 14.0. The minimum Gasteiger partial charge on any atom is -0.476 e. The van der Waals surface area contributed by atoms with Gasteiger partial charge in [0, 0.05) is 6.04 Å². The SMILES string of the molecule is CC[C@@H](N)c1ccc(OC(C)C#N)cc1.